The molecule has 1 aromatic heterocycles. The number of fused-ring (bicyclic) bond motifs is 3. The average Bonchev–Trinajstić information content (AvgIpc) is 3.15. The van der Waals surface area contributed by atoms with Crippen molar-refractivity contribution in [2.75, 3.05) is 0 Å². The second-order valence-corrected chi connectivity index (χ2v) is 7.49. The molecule has 0 spiro atoms. The first kappa shape index (κ1) is 19.9. The molecule has 3 heterocycles. The first-order valence-electron chi connectivity index (χ1n) is 9.27. The third-order valence-electron chi connectivity index (χ3n) is 5.04. The first-order valence-corrected chi connectivity index (χ1v) is 9.27. The van der Waals surface area contributed by atoms with Crippen LogP contribution in [0.3, 0.4) is 0 Å². The van der Waals surface area contributed by atoms with Crippen molar-refractivity contribution in [3.63, 3.8) is 0 Å². The van der Waals surface area contributed by atoms with Crippen LogP contribution in [0.2, 0.25) is 0 Å². The molecule has 0 aliphatic carbocycles. The number of aldehydes is 1. The molecule has 0 unspecified atom stereocenters. The summed E-state index contributed by atoms with van der Waals surface area (Å²) >= 11 is 0. The molecule has 0 fully saturated rings. The minimum Gasteiger partial charge on any atom is -0.461 e. The van der Waals surface area contributed by atoms with Gasteiger partial charge in [-0.15, -0.1) is 0 Å². The molecular weight excluding hydrogens is 360 g/mol. The van der Waals surface area contributed by atoms with E-state index in [9.17, 15) is 14.4 Å². The first-order chi connectivity index (χ1) is 13.3. The lowest BCUT2D eigenvalue weighted by Crippen LogP contribution is -2.26. The molecule has 6 heteroatoms. The number of furan rings is 1. The van der Waals surface area contributed by atoms with Gasteiger partial charge in [0.1, 0.15) is 23.7 Å². The van der Waals surface area contributed by atoms with E-state index in [0.29, 0.717) is 41.9 Å². The Morgan fingerprint density at radius 3 is 2.71 bits per heavy atom. The van der Waals surface area contributed by atoms with E-state index in [1.165, 1.54) is 6.92 Å². The molecule has 28 heavy (non-hydrogen) atoms. The predicted molar refractivity (Wildman–Crippen MR) is 103 cm³/mol. The highest BCUT2D eigenvalue weighted by atomic mass is 16.6. The van der Waals surface area contributed by atoms with E-state index in [2.05, 4.69) is 6.58 Å². The molecule has 0 aromatic carbocycles. The molecule has 3 atom stereocenters. The van der Waals surface area contributed by atoms with Gasteiger partial charge in [-0.3, -0.25) is 9.59 Å². The summed E-state index contributed by atoms with van der Waals surface area (Å²) in [6.07, 6.45) is 4.44. The molecule has 148 valence electrons. The Morgan fingerprint density at radius 1 is 1.32 bits per heavy atom. The van der Waals surface area contributed by atoms with Gasteiger partial charge < -0.3 is 13.9 Å². The van der Waals surface area contributed by atoms with Gasteiger partial charge in [-0.2, -0.15) is 0 Å². The number of ether oxygens (including phenoxy) is 2. The van der Waals surface area contributed by atoms with Crippen molar-refractivity contribution in [3.05, 3.63) is 52.5 Å². The van der Waals surface area contributed by atoms with Crippen molar-refractivity contribution in [1.29, 1.82) is 0 Å². The maximum Gasteiger partial charge on any atom is 0.338 e. The Morgan fingerprint density at radius 2 is 2.07 bits per heavy atom. The van der Waals surface area contributed by atoms with E-state index >= 15 is 0 Å². The topological polar surface area (TPSA) is 82.8 Å². The molecule has 6 nitrogen and oxygen atoms in total. The average molecular weight is 384 g/mol. The molecule has 0 N–H and O–H groups in total. The van der Waals surface area contributed by atoms with Gasteiger partial charge in [0.25, 0.3) is 0 Å². The van der Waals surface area contributed by atoms with E-state index in [1.807, 2.05) is 19.9 Å². The highest BCUT2D eigenvalue weighted by Gasteiger charge is 2.35. The van der Waals surface area contributed by atoms with Crippen molar-refractivity contribution in [3.8, 4) is 0 Å². The number of allylic oxidation sites excluding steroid dienone is 1. The van der Waals surface area contributed by atoms with Crippen molar-refractivity contribution in [1.82, 2.24) is 0 Å². The Labute approximate surface area is 163 Å². The van der Waals surface area contributed by atoms with Crippen LogP contribution in [0, 0.1) is 5.92 Å². The maximum absolute atomic E-state index is 12.4. The number of hydrogen-bond donors (Lipinski definition) is 0. The highest BCUT2D eigenvalue weighted by molar-refractivity contribution is 5.92. The van der Waals surface area contributed by atoms with Crippen LogP contribution in [-0.4, -0.2) is 30.4 Å². The van der Waals surface area contributed by atoms with E-state index in [1.54, 1.807) is 12.1 Å². The number of hydrogen-bond acceptors (Lipinski definition) is 6. The van der Waals surface area contributed by atoms with Crippen LogP contribution in [0.15, 0.2) is 39.9 Å². The summed E-state index contributed by atoms with van der Waals surface area (Å²) in [6, 6.07) is 1.71. The molecule has 0 amide bonds. The predicted octanol–water partition coefficient (Wildman–Crippen LogP) is 3.81. The van der Waals surface area contributed by atoms with Crippen molar-refractivity contribution in [2.45, 2.75) is 52.2 Å². The van der Waals surface area contributed by atoms with Gasteiger partial charge in [-0.25, -0.2) is 4.79 Å². The molecule has 2 aliphatic rings. The fraction of sp³-hybridized carbons (Fsp3) is 0.409. The van der Waals surface area contributed by atoms with E-state index < -0.39 is 24.1 Å². The Balaban J connectivity index is 2.07. The number of carbonyl (C=O) groups excluding carboxylic acids is 3. The van der Waals surface area contributed by atoms with Gasteiger partial charge in [0, 0.05) is 19.8 Å². The number of carbonyl (C=O) groups is 3. The lowest BCUT2D eigenvalue weighted by atomic mass is 9.87. The summed E-state index contributed by atoms with van der Waals surface area (Å²) in [4.78, 5) is 35.6. The zero-order valence-corrected chi connectivity index (χ0v) is 16.3. The molecule has 0 saturated carbocycles. The van der Waals surface area contributed by atoms with Gasteiger partial charge in [0.2, 0.25) is 0 Å². The van der Waals surface area contributed by atoms with E-state index in [4.69, 9.17) is 13.9 Å². The largest absolute Gasteiger partial charge is 0.461 e. The number of esters is 2. The maximum atomic E-state index is 12.4. The summed E-state index contributed by atoms with van der Waals surface area (Å²) < 4.78 is 16.8. The summed E-state index contributed by atoms with van der Waals surface area (Å²) in [7, 11) is 0. The SMILES string of the molecule is C=C(C)[C@@H]1Cc2oc(cc2C=O)/C=C(\C)C[C@@H]2C=C(C(=O)O2)[C@@H](OC(C)=O)C1. The molecular formula is C22H24O6. The van der Waals surface area contributed by atoms with E-state index in [0.717, 1.165) is 17.4 Å². The van der Waals surface area contributed by atoms with Crippen molar-refractivity contribution < 1.29 is 28.3 Å². The van der Waals surface area contributed by atoms with Gasteiger partial charge in [-0.05, 0) is 44.4 Å². The van der Waals surface area contributed by atoms with Crippen molar-refractivity contribution in [2.24, 2.45) is 5.92 Å². The molecule has 0 radical (unpaired) electrons. The van der Waals surface area contributed by atoms with Crippen LogP contribution < -0.4 is 0 Å². The molecule has 1 aromatic rings. The van der Waals surface area contributed by atoms with Crippen molar-refractivity contribution >= 4 is 24.3 Å². The molecule has 3 rings (SSSR count). The summed E-state index contributed by atoms with van der Waals surface area (Å²) in [5, 5.41) is 0. The van der Waals surface area contributed by atoms with Crippen LogP contribution in [0.25, 0.3) is 6.08 Å². The lowest BCUT2D eigenvalue weighted by Gasteiger charge is -2.23. The lowest BCUT2D eigenvalue weighted by molar-refractivity contribution is -0.147. The van der Waals surface area contributed by atoms with Gasteiger partial charge in [-0.1, -0.05) is 17.7 Å². The third-order valence-corrected chi connectivity index (χ3v) is 5.04. The minimum atomic E-state index is -0.740. The van der Waals surface area contributed by atoms with Crippen LogP contribution in [0.4, 0.5) is 0 Å². The van der Waals surface area contributed by atoms with Crippen LogP contribution in [0.1, 0.15) is 55.5 Å². The molecule has 0 saturated heterocycles. The van der Waals surface area contributed by atoms with Crippen LogP contribution >= 0.6 is 0 Å². The highest BCUT2D eigenvalue weighted by Crippen LogP contribution is 2.32. The molecule has 2 aliphatic heterocycles. The third kappa shape index (κ3) is 4.32. The standard InChI is InChI=1S/C22H24O6/c1-12(2)15-8-20-16(11-23)7-17(27-20)5-13(3)6-18-10-19(22(25)28-18)21(9-15)26-14(4)24/h5,7,10-11,15,18,21H,1,6,8-9H2,2-4H3/b13-5+/t15-,18-,21+/m1/s1. The fourth-order valence-corrected chi connectivity index (χ4v) is 3.64. The normalized spacial score (nSPS) is 26.5. The second kappa shape index (κ2) is 8.00. The Kier molecular flexibility index (Phi) is 5.68. The zero-order valence-electron chi connectivity index (χ0n) is 16.3. The Bertz CT molecular complexity index is 885. The summed E-state index contributed by atoms with van der Waals surface area (Å²) in [5.41, 5.74) is 2.62. The van der Waals surface area contributed by atoms with Crippen LogP contribution in [0.5, 0.6) is 0 Å². The monoisotopic (exact) mass is 384 g/mol. The summed E-state index contributed by atoms with van der Waals surface area (Å²) in [5.74, 6) is 0.0503. The van der Waals surface area contributed by atoms with E-state index in [-0.39, 0.29) is 5.92 Å². The quantitative estimate of drug-likeness (QED) is 0.448. The fourth-order valence-electron chi connectivity index (χ4n) is 3.64. The van der Waals surface area contributed by atoms with Crippen LogP contribution in [-0.2, 0) is 25.5 Å². The smallest absolute Gasteiger partial charge is 0.338 e. The van der Waals surface area contributed by atoms with Gasteiger partial charge in [0.05, 0.1) is 11.1 Å². The summed E-state index contributed by atoms with van der Waals surface area (Å²) in [6.45, 7) is 9.12. The second-order valence-electron chi connectivity index (χ2n) is 7.49. The zero-order chi connectivity index (χ0) is 20.4. The minimum absolute atomic E-state index is 0.152. The van der Waals surface area contributed by atoms with Gasteiger partial charge >= 0.3 is 11.9 Å². The van der Waals surface area contributed by atoms with Gasteiger partial charge in [0.15, 0.2) is 6.29 Å². The number of rotatable bonds is 3. The Hall–Kier alpha value is -2.89. The molecule has 4 bridgehead atoms.